The van der Waals surface area contributed by atoms with E-state index in [0.29, 0.717) is 16.5 Å². The second-order valence-corrected chi connectivity index (χ2v) is 6.67. The van der Waals surface area contributed by atoms with Gasteiger partial charge in [0.15, 0.2) is 10.8 Å². The summed E-state index contributed by atoms with van der Waals surface area (Å²) in [6.07, 6.45) is 1.65. The number of carbonyl (C=O) groups is 1. The predicted molar refractivity (Wildman–Crippen MR) is 96.3 cm³/mol. The summed E-state index contributed by atoms with van der Waals surface area (Å²) in [6.45, 7) is 1.62. The van der Waals surface area contributed by atoms with Crippen molar-refractivity contribution < 1.29 is 18.0 Å². The number of nitrogens with one attached hydrogen (secondary N) is 1. The Morgan fingerprint density at radius 3 is 2.71 bits per heavy atom. The number of nitrogens with zero attached hydrogens (tertiary/aromatic N) is 5. The van der Waals surface area contributed by atoms with Crippen LogP contribution >= 0.6 is 11.3 Å². The molecular weight excluding hydrogens is 393 g/mol. The number of rotatable bonds is 3. The van der Waals surface area contributed by atoms with Crippen LogP contribution in [0.1, 0.15) is 21.6 Å². The van der Waals surface area contributed by atoms with Crippen LogP contribution < -0.4 is 5.43 Å². The van der Waals surface area contributed by atoms with Gasteiger partial charge in [-0.25, -0.2) is 15.0 Å². The van der Waals surface area contributed by atoms with Crippen LogP contribution in [0.4, 0.5) is 13.2 Å². The van der Waals surface area contributed by atoms with Gasteiger partial charge < -0.3 is 0 Å². The normalized spacial score (nSPS) is 11.7. The van der Waals surface area contributed by atoms with Gasteiger partial charge in [-0.05, 0) is 13.0 Å². The summed E-state index contributed by atoms with van der Waals surface area (Å²) in [6, 6.07) is 1.39. The topological polar surface area (TPSA) is 85.6 Å². The van der Waals surface area contributed by atoms with Crippen molar-refractivity contribution in [1.82, 2.24) is 24.6 Å². The molecule has 0 aliphatic heterocycles. The standard InChI is InChI=1S/C17H11F3N6OS/c1-9-10(7-23-14(24-9)16-22-4-5-28-16)15(27)25-26-8-12(17(18,19)20)11-6-21-3-2-13(11)26/h2-8H,1H3,(H,25,27). The van der Waals surface area contributed by atoms with Gasteiger partial charge in [0.2, 0.25) is 0 Å². The SMILES string of the molecule is Cc1nc(-c2nccs2)ncc1C(=O)Nn1cc(C(F)(F)F)c2cnccc21. The Morgan fingerprint density at radius 1 is 1.21 bits per heavy atom. The predicted octanol–water partition coefficient (Wildman–Crippen LogP) is 3.66. The molecule has 0 bridgehead atoms. The number of pyridine rings is 1. The number of halogens is 3. The average molecular weight is 404 g/mol. The van der Waals surface area contributed by atoms with E-state index in [2.05, 4.69) is 25.4 Å². The monoisotopic (exact) mass is 404 g/mol. The third kappa shape index (κ3) is 3.20. The lowest BCUT2D eigenvalue weighted by Crippen LogP contribution is -2.23. The van der Waals surface area contributed by atoms with Gasteiger partial charge in [-0.3, -0.25) is 19.9 Å². The van der Waals surface area contributed by atoms with E-state index < -0.39 is 17.6 Å². The van der Waals surface area contributed by atoms with Crippen LogP contribution in [0.25, 0.3) is 21.7 Å². The Bertz CT molecular complexity index is 1170. The Balaban J connectivity index is 1.68. The molecule has 142 valence electrons. The molecule has 0 atom stereocenters. The summed E-state index contributed by atoms with van der Waals surface area (Å²) in [5, 5.41) is 2.27. The fourth-order valence-electron chi connectivity index (χ4n) is 2.69. The third-order valence-electron chi connectivity index (χ3n) is 3.98. The molecule has 1 N–H and O–H groups in total. The maximum Gasteiger partial charge on any atom is 0.418 e. The van der Waals surface area contributed by atoms with E-state index in [4.69, 9.17) is 0 Å². The molecule has 0 aliphatic carbocycles. The largest absolute Gasteiger partial charge is 0.418 e. The van der Waals surface area contributed by atoms with E-state index in [9.17, 15) is 18.0 Å². The van der Waals surface area contributed by atoms with Crippen LogP contribution in [-0.2, 0) is 6.18 Å². The first-order chi connectivity index (χ1) is 13.3. The van der Waals surface area contributed by atoms with E-state index in [1.54, 1.807) is 18.5 Å². The molecule has 0 fully saturated rings. The molecule has 0 radical (unpaired) electrons. The first-order valence-electron chi connectivity index (χ1n) is 7.91. The molecule has 0 saturated carbocycles. The molecule has 0 aliphatic rings. The number of aromatic nitrogens is 5. The molecule has 11 heteroatoms. The third-order valence-corrected chi connectivity index (χ3v) is 4.75. The number of thiazole rings is 1. The van der Waals surface area contributed by atoms with Crippen LogP contribution in [0.2, 0.25) is 0 Å². The van der Waals surface area contributed by atoms with Gasteiger partial charge in [-0.2, -0.15) is 13.2 Å². The summed E-state index contributed by atoms with van der Waals surface area (Å²) in [4.78, 5) is 28.8. The molecule has 1 amide bonds. The van der Waals surface area contributed by atoms with E-state index in [1.807, 2.05) is 0 Å². The van der Waals surface area contributed by atoms with Crippen LogP contribution in [-0.4, -0.2) is 30.5 Å². The van der Waals surface area contributed by atoms with Gasteiger partial charge in [-0.15, -0.1) is 11.3 Å². The summed E-state index contributed by atoms with van der Waals surface area (Å²) < 4.78 is 40.8. The molecule has 28 heavy (non-hydrogen) atoms. The molecule has 4 aromatic heterocycles. The van der Waals surface area contributed by atoms with E-state index in [0.717, 1.165) is 17.1 Å². The zero-order valence-corrected chi connectivity index (χ0v) is 15.0. The number of hydrogen-bond donors (Lipinski definition) is 1. The van der Waals surface area contributed by atoms with Crippen LogP contribution in [0.3, 0.4) is 0 Å². The Labute approximate surface area is 159 Å². The molecule has 0 unspecified atom stereocenters. The van der Waals surface area contributed by atoms with E-state index in [-0.39, 0.29) is 16.5 Å². The highest BCUT2D eigenvalue weighted by Crippen LogP contribution is 2.35. The van der Waals surface area contributed by atoms with Crippen molar-refractivity contribution in [2.24, 2.45) is 0 Å². The lowest BCUT2D eigenvalue weighted by Gasteiger charge is -2.09. The summed E-state index contributed by atoms with van der Waals surface area (Å²) in [5.74, 6) is -0.258. The van der Waals surface area contributed by atoms with Crippen molar-refractivity contribution in [2.75, 3.05) is 5.43 Å². The van der Waals surface area contributed by atoms with Crippen LogP contribution in [0.5, 0.6) is 0 Å². The highest BCUT2D eigenvalue weighted by molar-refractivity contribution is 7.12. The maximum absolute atomic E-state index is 13.3. The lowest BCUT2D eigenvalue weighted by molar-refractivity contribution is -0.136. The Morgan fingerprint density at radius 2 is 2.04 bits per heavy atom. The minimum absolute atomic E-state index is 0.109. The highest BCUT2D eigenvalue weighted by Gasteiger charge is 2.35. The molecule has 0 aromatic carbocycles. The van der Waals surface area contributed by atoms with Gasteiger partial charge in [0, 0.05) is 41.8 Å². The summed E-state index contributed by atoms with van der Waals surface area (Å²) in [7, 11) is 0. The first kappa shape index (κ1) is 18.0. The van der Waals surface area contributed by atoms with Crippen molar-refractivity contribution in [2.45, 2.75) is 13.1 Å². The summed E-state index contributed by atoms with van der Waals surface area (Å²) in [5.41, 5.74) is 2.26. The highest BCUT2D eigenvalue weighted by atomic mass is 32.1. The molecule has 4 rings (SSSR count). The number of hydrogen-bond acceptors (Lipinski definition) is 6. The second kappa shape index (κ2) is 6.68. The van der Waals surface area contributed by atoms with Gasteiger partial charge in [0.25, 0.3) is 5.91 Å². The van der Waals surface area contributed by atoms with Crippen molar-refractivity contribution in [3.63, 3.8) is 0 Å². The average Bonchev–Trinajstić information content (AvgIpc) is 3.30. The molecule has 0 saturated heterocycles. The summed E-state index contributed by atoms with van der Waals surface area (Å²) >= 11 is 1.35. The molecule has 0 spiro atoms. The number of amides is 1. The van der Waals surface area contributed by atoms with Gasteiger partial charge in [0.1, 0.15) is 0 Å². The zero-order valence-electron chi connectivity index (χ0n) is 14.2. The van der Waals surface area contributed by atoms with Gasteiger partial charge >= 0.3 is 6.18 Å². The van der Waals surface area contributed by atoms with Crippen LogP contribution in [0, 0.1) is 6.92 Å². The quantitative estimate of drug-likeness (QED) is 0.563. The van der Waals surface area contributed by atoms with Crippen molar-refractivity contribution in [3.8, 4) is 10.8 Å². The fourth-order valence-corrected chi connectivity index (χ4v) is 3.26. The van der Waals surface area contributed by atoms with Crippen molar-refractivity contribution in [3.05, 3.63) is 59.3 Å². The van der Waals surface area contributed by atoms with E-state index in [1.165, 1.54) is 29.8 Å². The minimum atomic E-state index is -4.58. The van der Waals surface area contributed by atoms with Gasteiger partial charge in [-0.1, -0.05) is 0 Å². The molecule has 4 aromatic rings. The Kier molecular flexibility index (Phi) is 4.30. The number of carbonyl (C=O) groups excluding carboxylic acids is 1. The van der Waals surface area contributed by atoms with Crippen molar-refractivity contribution >= 4 is 28.1 Å². The minimum Gasteiger partial charge on any atom is -0.267 e. The van der Waals surface area contributed by atoms with Crippen LogP contribution in [0.15, 0.2) is 42.4 Å². The number of aryl methyl sites for hydroxylation is 1. The number of alkyl halides is 3. The molecule has 7 nitrogen and oxygen atoms in total. The van der Waals surface area contributed by atoms with Gasteiger partial charge in [0.05, 0.1) is 22.3 Å². The molecular formula is C17H11F3N6OS. The first-order valence-corrected chi connectivity index (χ1v) is 8.79. The maximum atomic E-state index is 13.3. The second-order valence-electron chi connectivity index (χ2n) is 5.77. The number of fused-ring (bicyclic) bond motifs is 1. The lowest BCUT2D eigenvalue weighted by atomic mass is 10.2. The zero-order chi connectivity index (χ0) is 19.9. The fraction of sp³-hybridized carbons (Fsp3) is 0.118. The Hall–Kier alpha value is -3.34. The molecule has 4 heterocycles. The van der Waals surface area contributed by atoms with E-state index >= 15 is 0 Å². The smallest absolute Gasteiger partial charge is 0.267 e. The van der Waals surface area contributed by atoms with Crippen molar-refractivity contribution in [1.29, 1.82) is 0 Å².